The number of ether oxygens (including phenoxy) is 1. The quantitative estimate of drug-likeness (QED) is 0.906. The number of methoxy groups -OCH3 is 1. The van der Waals surface area contributed by atoms with Gasteiger partial charge in [0.25, 0.3) is 0 Å². The van der Waals surface area contributed by atoms with Crippen molar-refractivity contribution in [1.29, 1.82) is 0 Å². The van der Waals surface area contributed by atoms with E-state index in [9.17, 15) is 4.79 Å². The van der Waals surface area contributed by atoms with Gasteiger partial charge in [0.2, 0.25) is 0 Å². The Kier molecular flexibility index (Phi) is 5.88. The standard InChI is InChI=1S/C20H25N3O2/c1-25-17-10-8-16(9-11-17)12-14-22-20(24)23-15-5-3-7-19(23)18-6-2-4-13-21-18/h2,4,6,8-11,13,19H,3,5,7,12,14-15H2,1H3,(H,22,24)/t19-/m0/s1. The van der Waals surface area contributed by atoms with Crippen molar-refractivity contribution < 1.29 is 9.53 Å². The summed E-state index contributed by atoms with van der Waals surface area (Å²) in [7, 11) is 1.66. The molecule has 2 heterocycles. The van der Waals surface area contributed by atoms with E-state index in [1.54, 1.807) is 13.3 Å². The summed E-state index contributed by atoms with van der Waals surface area (Å²) in [4.78, 5) is 19.0. The van der Waals surface area contributed by atoms with Crippen molar-refractivity contribution in [3.05, 3.63) is 59.9 Å². The van der Waals surface area contributed by atoms with E-state index < -0.39 is 0 Å². The van der Waals surface area contributed by atoms with Gasteiger partial charge in [0.05, 0.1) is 18.8 Å². The number of rotatable bonds is 5. The van der Waals surface area contributed by atoms with Crippen LogP contribution in [0.2, 0.25) is 0 Å². The predicted octanol–water partition coefficient (Wildman–Crippen LogP) is 3.57. The summed E-state index contributed by atoms with van der Waals surface area (Å²) in [6.07, 6.45) is 5.76. The number of hydrogen-bond donors (Lipinski definition) is 1. The van der Waals surface area contributed by atoms with E-state index in [-0.39, 0.29) is 12.1 Å². The number of pyridine rings is 1. The molecule has 132 valence electrons. The second-order valence-electron chi connectivity index (χ2n) is 6.29. The molecule has 0 bridgehead atoms. The Hall–Kier alpha value is -2.56. The molecule has 0 unspecified atom stereocenters. The molecule has 0 saturated carbocycles. The van der Waals surface area contributed by atoms with E-state index in [2.05, 4.69) is 10.3 Å². The largest absolute Gasteiger partial charge is 0.497 e. The van der Waals surface area contributed by atoms with Crippen molar-refractivity contribution in [2.45, 2.75) is 31.7 Å². The van der Waals surface area contributed by atoms with Crippen molar-refractivity contribution in [3.8, 4) is 5.75 Å². The van der Waals surface area contributed by atoms with Crippen molar-refractivity contribution >= 4 is 6.03 Å². The molecule has 1 saturated heterocycles. The number of aromatic nitrogens is 1. The monoisotopic (exact) mass is 339 g/mol. The van der Waals surface area contributed by atoms with Crippen molar-refractivity contribution in [2.75, 3.05) is 20.2 Å². The number of urea groups is 1. The van der Waals surface area contributed by atoms with E-state index in [0.29, 0.717) is 6.54 Å². The molecule has 1 N–H and O–H groups in total. The van der Waals surface area contributed by atoms with Gasteiger partial charge in [-0.25, -0.2) is 4.79 Å². The van der Waals surface area contributed by atoms with Crippen molar-refractivity contribution in [1.82, 2.24) is 15.2 Å². The number of nitrogens with zero attached hydrogens (tertiary/aromatic N) is 2. The molecular formula is C20H25N3O2. The highest BCUT2D eigenvalue weighted by molar-refractivity contribution is 5.74. The molecule has 2 aromatic rings. The number of piperidine rings is 1. The molecule has 5 heteroatoms. The summed E-state index contributed by atoms with van der Waals surface area (Å²) in [6, 6.07) is 13.9. The topological polar surface area (TPSA) is 54.5 Å². The lowest BCUT2D eigenvalue weighted by molar-refractivity contribution is 0.150. The first kappa shape index (κ1) is 17.3. The van der Waals surface area contributed by atoms with Gasteiger partial charge < -0.3 is 15.0 Å². The van der Waals surface area contributed by atoms with Crippen LogP contribution in [0, 0.1) is 0 Å². The lowest BCUT2D eigenvalue weighted by Gasteiger charge is -2.35. The first-order chi connectivity index (χ1) is 12.3. The summed E-state index contributed by atoms with van der Waals surface area (Å²) in [5.41, 5.74) is 2.16. The van der Waals surface area contributed by atoms with Crippen molar-refractivity contribution in [2.24, 2.45) is 0 Å². The fourth-order valence-electron chi connectivity index (χ4n) is 3.26. The second-order valence-corrected chi connectivity index (χ2v) is 6.29. The van der Waals surface area contributed by atoms with E-state index in [4.69, 9.17) is 4.74 Å². The summed E-state index contributed by atoms with van der Waals surface area (Å²) in [5.74, 6) is 0.847. The molecule has 1 aliphatic heterocycles. The lowest BCUT2D eigenvalue weighted by Crippen LogP contribution is -2.45. The van der Waals surface area contributed by atoms with E-state index >= 15 is 0 Å². The molecule has 1 fully saturated rings. The summed E-state index contributed by atoms with van der Waals surface area (Å²) < 4.78 is 5.16. The number of carbonyl (C=O) groups excluding carboxylic acids is 1. The van der Waals surface area contributed by atoms with Crippen LogP contribution < -0.4 is 10.1 Å². The van der Waals surface area contributed by atoms with Gasteiger partial charge in [0.15, 0.2) is 0 Å². The van der Waals surface area contributed by atoms with Gasteiger partial charge in [-0.05, 0) is 55.5 Å². The minimum atomic E-state index is 0.00358. The Morgan fingerprint density at radius 2 is 2.08 bits per heavy atom. The fraction of sp³-hybridized carbons (Fsp3) is 0.400. The number of benzene rings is 1. The molecule has 25 heavy (non-hydrogen) atoms. The van der Waals surface area contributed by atoms with Crippen LogP contribution in [-0.2, 0) is 6.42 Å². The Labute approximate surface area is 149 Å². The smallest absolute Gasteiger partial charge is 0.317 e. The van der Waals surface area contributed by atoms with Crippen LogP contribution in [0.3, 0.4) is 0 Å². The summed E-state index contributed by atoms with van der Waals surface area (Å²) in [6.45, 7) is 1.41. The molecule has 1 aromatic heterocycles. The second kappa shape index (κ2) is 8.51. The Balaban J connectivity index is 1.55. The number of nitrogens with one attached hydrogen (secondary N) is 1. The van der Waals surface area contributed by atoms with E-state index in [1.165, 1.54) is 5.56 Å². The highest BCUT2D eigenvalue weighted by atomic mass is 16.5. The summed E-state index contributed by atoms with van der Waals surface area (Å²) in [5, 5.41) is 3.06. The fourth-order valence-corrected chi connectivity index (χ4v) is 3.26. The molecule has 5 nitrogen and oxygen atoms in total. The van der Waals surface area contributed by atoms with Gasteiger partial charge >= 0.3 is 6.03 Å². The minimum absolute atomic E-state index is 0.00358. The Morgan fingerprint density at radius 3 is 2.80 bits per heavy atom. The van der Waals surface area contributed by atoms with Crippen molar-refractivity contribution in [3.63, 3.8) is 0 Å². The maximum Gasteiger partial charge on any atom is 0.317 e. The highest BCUT2D eigenvalue weighted by Crippen LogP contribution is 2.29. The van der Waals surface area contributed by atoms with Crippen LogP contribution in [-0.4, -0.2) is 36.1 Å². The molecule has 1 aliphatic rings. The van der Waals surface area contributed by atoms with Crippen LogP contribution in [0.5, 0.6) is 5.75 Å². The number of hydrogen-bond acceptors (Lipinski definition) is 3. The van der Waals surface area contributed by atoms with Crippen LogP contribution in [0.4, 0.5) is 4.79 Å². The maximum absolute atomic E-state index is 12.6. The SMILES string of the molecule is COc1ccc(CCNC(=O)N2CCCC[C@H]2c2ccccn2)cc1. The van der Waals surface area contributed by atoms with Crippen LogP contribution in [0.15, 0.2) is 48.7 Å². The average molecular weight is 339 g/mol. The number of carbonyl (C=O) groups is 1. The van der Waals surface area contributed by atoms with Crippen LogP contribution in [0.25, 0.3) is 0 Å². The van der Waals surface area contributed by atoms with E-state index in [0.717, 1.165) is 43.7 Å². The molecule has 1 atom stereocenters. The maximum atomic E-state index is 12.6. The molecule has 0 aliphatic carbocycles. The van der Waals surface area contributed by atoms with Gasteiger partial charge in [-0.15, -0.1) is 0 Å². The third-order valence-corrected chi connectivity index (χ3v) is 4.64. The molecule has 3 rings (SSSR count). The molecular weight excluding hydrogens is 314 g/mol. The molecule has 0 spiro atoms. The first-order valence-corrected chi connectivity index (χ1v) is 8.86. The predicted molar refractivity (Wildman–Crippen MR) is 97.6 cm³/mol. The van der Waals surface area contributed by atoms with E-state index in [1.807, 2.05) is 47.4 Å². The zero-order valence-corrected chi connectivity index (χ0v) is 14.6. The Morgan fingerprint density at radius 1 is 1.24 bits per heavy atom. The zero-order valence-electron chi connectivity index (χ0n) is 14.6. The first-order valence-electron chi connectivity index (χ1n) is 8.86. The summed E-state index contributed by atoms with van der Waals surface area (Å²) >= 11 is 0. The Bertz CT molecular complexity index is 673. The van der Waals surface area contributed by atoms with Gasteiger partial charge in [-0.3, -0.25) is 4.98 Å². The molecule has 0 radical (unpaired) electrons. The normalized spacial score (nSPS) is 17.2. The lowest BCUT2D eigenvalue weighted by atomic mass is 9.99. The van der Waals surface area contributed by atoms with Gasteiger partial charge in [-0.2, -0.15) is 0 Å². The number of likely N-dealkylation sites (tertiary alicyclic amines) is 1. The minimum Gasteiger partial charge on any atom is -0.497 e. The van der Waals surface area contributed by atoms with Gasteiger partial charge in [-0.1, -0.05) is 18.2 Å². The molecule has 2 amide bonds. The van der Waals surface area contributed by atoms with Gasteiger partial charge in [0.1, 0.15) is 5.75 Å². The van der Waals surface area contributed by atoms with Crippen LogP contribution in [0.1, 0.15) is 36.6 Å². The van der Waals surface area contributed by atoms with Gasteiger partial charge in [0, 0.05) is 19.3 Å². The zero-order chi connectivity index (χ0) is 17.5. The average Bonchev–Trinajstić information content (AvgIpc) is 2.69. The van der Waals surface area contributed by atoms with Crippen LogP contribution >= 0.6 is 0 Å². The third kappa shape index (κ3) is 4.50. The number of amides is 2. The molecule has 1 aromatic carbocycles. The third-order valence-electron chi connectivity index (χ3n) is 4.64. The highest BCUT2D eigenvalue weighted by Gasteiger charge is 2.28.